The summed E-state index contributed by atoms with van der Waals surface area (Å²) in [5.41, 5.74) is 2.69. The van der Waals surface area contributed by atoms with Crippen molar-refractivity contribution in [3.63, 3.8) is 0 Å². The molecule has 0 aromatic carbocycles. The molecule has 2 aromatic rings. The van der Waals surface area contributed by atoms with Gasteiger partial charge in [-0.2, -0.15) is 0 Å². The Morgan fingerprint density at radius 2 is 2.16 bits per heavy atom. The van der Waals surface area contributed by atoms with Crippen molar-refractivity contribution >= 4 is 5.97 Å². The highest BCUT2D eigenvalue weighted by Crippen LogP contribution is 2.18. The van der Waals surface area contributed by atoms with Crippen LogP contribution in [0.5, 0.6) is 0 Å². The van der Waals surface area contributed by atoms with Gasteiger partial charge in [-0.1, -0.05) is 25.1 Å². The molecule has 2 heterocycles. The average molecular weight is 260 g/mol. The van der Waals surface area contributed by atoms with Crippen molar-refractivity contribution in [2.45, 2.75) is 33.2 Å². The molecule has 2 rings (SSSR count). The minimum Gasteiger partial charge on any atom is -0.476 e. The van der Waals surface area contributed by atoms with Crippen LogP contribution in [0.2, 0.25) is 0 Å². The first kappa shape index (κ1) is 13.2. The van der Waals surface area contributed by atoms with Crippen LogP contribution in [0.25, 0.3) is 0 Å². The van der Waals surface area contributed by atoms with Crippen molar-refractivity contribution in [1.82, 2.24) is 20.0 Å². The standard InChI is InChI=1S/C13H16N4O2/c1-8(2)12-11(13(18)19)15-16-17(12)7-10-4-9(3)5-14-6-10/h4-6,8H,7H2,1-3H3,(H,18,19). The highest BCUT2D eigenvalue weighted by molar-refractivity contribution is 5.86. The molecule has 0 atom stereocenters. The van der Waals surface area contributed by atoms with E-state index in [4.69, 9.17) is 5.11 Å². The van der Waals surface area contributed by atoms with Crippen molar-refractivity contribution in [2.24, 2.45) is 0 Å². The first-order chi connectivity index (χ1) is 8.99. The van der Waals surface area contributed by atoms with Crippen LogP contribution in [0.4, 0.5) is 0 Å². The van der Waals surface area contributed by atoms with E-state index in [9.17, 15) is 4.79 Å². The molecule has 0 unspecified atom stereocenters. The molecule has 0 spiro atoms. The maximum absolute atomic E-state index is 11.1. The van der Waals surface area contributed by atoms with Crippen LogP contribution < -0.4 is 0 Å². The van der Waals surface area contributed by atoms with E-state index in [1.54, 1.807) is 17.1 Å². The molecule has 6 heteroatoms. The zero-order valence-electron chi connectivity index (χ0n) is 11.2. The van der Waals surface area contributed by atoms with Gasteiger partial charge in [-0.15, -0.1) is 5.10 Å². The molecule has 6 nitrogen and oxygen atoms in total. The maximum atomic E-state index is 11.1. The maximum Gasteiger partial charge on any atom is 0.358 e. The van der Waals surface area contributed by atoms with Gasteiger partial charge in [0.1, 0.15) is 0 Å². The van der Waals surface area contributed by atoms with E-state index in [2.05, 4.69) is 15.3 Å². The zero-order chi connectivity index (χ0) is 14.0. The third-order valence-corrected chi connectivity index (χ3v) is 2.79. The van der Waals surface area contributed by atoms with E-state index in [1.165, 1.54) is 0 Å². The Labute approximate surface area is 111 Å². The molecule has 0 fully saturated rings. The molecular weight excluding hydrogens is 244 g/mol. The number of carboxylic acids is 1. The van der Waals surface area contributed by atoms with Crippen molar-refractivity contribution in [3.05, 3.63) is 41.0 Å². The molecule has 19 heavy (non-hydrogen) atoms. The summed E-state index contributed by atoms with van der Waals surface area (Å²) in [6, 6.07) is 2.00. The Morgan fingerprint density at radius 1 is 1.42 bits per heavy atom. The summed E-state index contributed by atoms with van der Waals surface area (Å²) in [6.07, 6.45) is 3.52. The van der Waals surface area contributed by atoms with Gasteiger partial charge in [0.05, 0.1) is 12.2 Å². The van der Waals surface area contributed by atoms with Gasteiger partial charge in [0.25, 0.3) is 0 Å². The molecule has 1 N–H and O–H groups in total. The molecule has 0 saturated carbocycles. The Morgan fingerprint density at radius 3 is 2.74 bits per heavy atom. The molecule has 100 valence electrons. The van der Waals surface area contributed by atoms with Gasteiger partial charge in [-0.25, -0.2) is 9.48 Å². The van der Waals surface area contributed by atoms with Gasteiger partial charge in [-0.3, -0.25) is 4.98 Å². The Kier molecular flexibility index (Phi) is 3.59. The normalized spacial score (nSPS) is 10.9. The molecule has 0 aliphatic heterocycles. The van der Waals surface area contributed by atoms with Gasteiger partial charge in [0.2, 0.25) is 0 Å². The van der Waals surface area contributed by atoms with Crippen LogP contribution in [0, 0.1) is 6.92 Å². The summed E-state index contributed by atoms with van der Waals surface area (Å²) in [7, 11) is 0. The van der Waals surface area contributed by atoms with Gasteiger partial charge < -0.3 is 5.11 Å². The van der Waals surface area contributed by atoms with E-state index in [0.29, 0.717) is 12.2 Å². The average Bonchev–Trinajstić information content (AvgIpc) is 2.73. The summed E-state index contributed by atoms with van der Waals surface area (Å²) in [4.78, 5) is 15.2. The third-order valence-electron chi connectivity index (χ3n) is 2.79. The summed E-state index contributed by atoms with van der Waals surface area (Å²) in [5.74, 6) is -1.00. The first-order valence-electron chi connectivity index (χ1n) is 6.06. The topological polar surface area (TPSA) is 80.9 Å². The summed E-state index contributed by atoms with van der Waals surface area (Å²) in [6.45, 7) is 6.29. The monoisotopic (exact) mass is 260 g/mol. The van der Waals surface area contributed by atoms with Gasteiger partial charge in [-0.05, 0) is 24.0 Å². The Hall–Kier alpha value is -2.24. The van der Waals surface area contributed by atoms with E-state index < -0.39 is 5.97 Å². The lowest BCUT2D eigenvalue weighted by Crippen LogP contribution is -2.11. The number of hydrogen-bond donors (Lipinski definition) is 1. The van der Waals surface area contributed by atoms with E-state index >= 15 is 0 Å². The highest BCUT2D eigenvalue weighted by atomic mass is 16.4. The van der Waals surface area contributed by atoms with Crippen LogP contribution in [-0.2, 0) is 6.54 Å². The second-order valence-electron chi connectivity index (χ2n) is 4.81. The molecule has 0 aliphatic carbocycles. The summed E-state index contributed by atoms with van der Waals surface area (Å²) in [5, 5.41) is 16.8. The molecule has 0 amide bonds. The van der Waals surface area contributed by atoms with Crippen LogP contribution in [0.1, 0.15) is 47.1 Å². The van der Waals surface area contributed by atoms with Crippen molar-refractivity contribution in [2.75, 3.05) is 0 Å². The van der Waals surface area contributed by atoms with Crippen LogP contribution >= 0.6 is 0 Å². The second kappa shape index (κ2) is 5.17. The molecular formula is C13H16N4O2. The van der Waals surface area contributed by atoms with Crippen molar-refractivity contribution < 1.29 is 9.90 Å². The zero-order valence-corrected chi connectivity index (χ0v) is 11.2. The fraction of sp³-hybridized carbons (Fsp3) is 0.385. The fourth-order valence-corrected chi connectivity index (χ4v) is 2.04. The largest absolute Gasteiger partial charge is 0.476 e. The predicted octanol–water partition coefficient (Wildman–Crippen LogP) is 1.85. The summed E-state index contributed by atoms with van der Waals surface area (Å²) >= 11 is 0. The minimum atomic E-state index is -1.04. The number of carboxylic acid groups (broad SMARTS) is 1. The van der Waals surface area contributed by atoms with Crippen LogP contribution in [0.3, 0.4) is 0 Å². The number of nitrogens with zero attached hydrogens (tertiary/aromatic N) is 4. The fourth-order valence-electron chi connectivity index (χ4n) is 2.04. The predicted molar refractivity (Wildman–Crippen MR) is 69.1 cm³/mol. The third kappa shape index (κ3) is 2.78. The smallest absolute Gasteiger partial charge is 0.358 e. The number of aryl methyl sites for hydroxylation is 1. The van der Waals surface area contributed by atoms with Crippen molar-refractivity contribution in [3.8, 4) is 0 Å². The number of aromatic nitrogens is 4. The summed E-state index contributed by atoms with van der Waals surface area (Å²) < 4.78 is 1.63. The Bertz CT molecular complexity index is 604. The lowest BCUT2D eigenvalue weighted by molar-refractivity contribution is 0.0688. The highest BCUT2D eigenvalue weighted by Gasteiger charge is 2.21. The van der Waals surface area contributed by atoms with E-state index in [-0.39, 0.29) is 11.6 Å². The van der Waals surface area contributed by atoms with E-state index in [1.807, 2.05) is 26.8 Å². The lowest BCUT2D eigenvalue weighted by atomic mass is 10.1. The van der Waals surface area contributed by atoms with Gasteiger partial charge >= 0.3 is 5.97 Å². The number of rotatable bonds is 4. The number of pyridine rings is 1. The van der Waals surface area contributed by atoms with E-state index in [0.717, 1.165) is 11.1 Å². The minimum absolute atomic E-state index is 0.0237. The van der Waals surface area contributed by atoms with Crippen molar-refractivity contribution in [1.29, 1.82) is 0 Å². The molecule has 0 saturated heterocycles. The molecule has 2 aromatic heterocycles. The quantitative estimate of drug-likeness (QED) is 0.907. The molecule has 0 bridgehead atoms. The van der Waals surface area contributed by atoms with Gasteiger partial charge in [0, 0.05) is 12.4 Å². The number of hydrogen-bond acceptors (Lipinski definition) is 4. The van der Waals surface area contributed by atoms with Crippen LogP contribution in [0.15, 0.2) is 18.5 Å². The SMILES string of the molecule is Cc1cncc(Cn2nnc(C(=O)O)c2C(C)C)c1. The number of aromatic carboxylic acids is 1. The second-order valence-corrected chi connectivity index (χ2v) is 4.81. The first-order valence-corrected chi connectivity index (χ1v) is 6.06. The lowest BCUT2D eigenvalue weighted by Gasteiger charge is -2.10. The van der Waals surface area contributed by atoms with Crippen LogP contribution in [-0.4, -0.2) is 31.1 Å². The Balaban J connectivity index is 2.38. The molecule has 0 aliphatic rings. The number of carbonyl (C=O) groups is 1. The molecule has 0 radical (unpaired) electrons. The van der Waals surface area contributed by atoms with Gasteiger partial charge in [0.15, 0.2) is 5.69 Å².